The highest BCUT2D eigenvalue weighted by Gasteiger charge is 2.39. The van der Waals surface area contributed by atoms with E-state index in [1.54, 1.807) is 0 Å². The Morgan fingerprint density at radius 3 is 2.38 bits per heavy atom. The van der Waals surface area contributed by atoms with Crippen LogP contribution in [-0.4, -0.2) is 62.1 Å². The van der Waals surface area contributed by atoms with Gasteiger partial charge in [0, 0.05) is 14.2 Å². The van der Waals surface area contributed by atoms with Gasteiger partial charge in [-0.15, -0.1) is 0 Å². The molecule has 0 saturated carbocycles. The number of hydrogen-bond donors (Lipinski definition) is 2. The second-order valence-electron chi connectivity index (χ2n) is 3.02. The average Bonchev–Trinajstić information content (AvgIpc) is 2.17. The number of aliphatic hydroxyl groups excluding tert-OH is 2. The van der Waals surface area contributed by atoms with Gasteiger partial charge in [-0.2, -0.15) is 0 Å². The number of methoxy groups -OCH3 is 2. The van der Waals surface area contributed by atoms with Crippen LogP contribution in [-0.2, 0) is 14.2 Å². The monoisotopic (exact) mass is 192 g/mol. The van der Waals surface area contributed by atoms with Crippen molar-refractivity contribution in [3.05, 3.63) is 0 Å². The molecule has 0 bridgehead atoms. The summed E-state index contributed by atoms with van der Waals surface area (Å²) in [5.74, 6) is 0. The van der Waals surface area contributed by atoms with Crippen molar-refractivity contribution in [3.63, 3.8) is 0 Å². The molecule has 1 aliphatic heterocycles. The molecule has 2 N–H and O–H groups in total. The molecule has 13 heavy (non-hydrogen) atoms. The Bertz CT molecular complexity index is 151. The van der Waals surface area contributed by atoms with E-state index in [1.807, 2.05) is 0 Å². The first-order valence-corrected chi connectivity index (χ1v) is 4.20. The van der Waals surface area contributed by atoms with E-state index < -0.39 is 24.4 Å². The molecule has 0 amide bonds. The van der Waals surface area contributed by atoms with Gasteiger partial charge in [0.25, 0.3) is 0 Å². The summed E-state index contributed by atoms with van der Waals surface area (Å²) in [6.07, 6.45) is -1.97. The predicted octanol–water partition coefficient (Wildman–Crippen LogP) is -1.23. The van der Waals surface area contributed by atoms with Crippen molar-refractivity contribution in [2.24, 2.45) is 0 Å². The molecule has 0 spiro atoms. The molecule has 0 radical (unpaired) electrons. The van der Waals surface area contributed by atoms with Gasteiger partial charge in [-0.25, -0.2) is 0 Å². The molecule has 1 fully saturated rings. The summed E-state index contributed by atoms with van der Waals surface area (Å²) < 4.78 is 15.3. The van der Waals surface area contributed by atoms with Crippen LogP contribution in [0.1, 0.15) is 0 Å². The summed E-state index contributed by atoms with van der Waals surface area (Å²) in [7, 11) is 3.00. The Labute approximate surface area is 77.2 Å². The van der Waals surface area contributed by atoms with Gasteiger partial charge in [-0.3, -0.25) is 0 Å². The summed E-state index contributed by atoms with van der Waals surface area (Å²) in [6.45, 7) is 0.0364. The second kappa shape index (κ2) is 4.88. The molecule has 1 rings (SSSR count). The van der Waals surface area contributed by atoms with Gasteiger partial charge >= 0.3 is 0 Å². The van der Waals surface area contributed by atoms with Gasteiger partial charge in [0.2, 0.25) is 0 Å². The largest absolute Gasteiger partial charge is 0.394 e. The lowest BCUT2D eigenvalue weighted by molar-refractivity contribution is -0.211. The maximum atomic E-state index is 9.47. The molecule has 1 aliphatic rings. The molecule has 5 nitrogen and oxygen atoms in total. The second-order valence-corrected chi connectivity index (χ2v) is 3.02. The van der Waals surface area contributed by atoms with Crippen LogP contribution in [0.25, 0.3) is 0 Å². The summed E-state index contributed by atoms with van der Waals surface area (Å²) >= 11 is 0. The zero-order chi connectivity index (χ0) is 9.84. The van der Waals surface area contributed by atoms with Crippen molar-refractivity contribution < 1.29 is 24.4 Å². The van der Waals surface area contributed by atoms with Gasteiger partial charge in [0.1, 0.15) is 24.4 Å². The highest BCUT2D eigenvalue weighted by molar-refractivity contribution is 4.88. The third kappa shape index (κ3) is 2.18. The Balaban J connectivity index is 2.64. The van der Waals surface area contributed by atoms with Crippen LogP contribution in [0.2, 0.25) is 0 Å². The highest BCUT2D eigenvalue weighted by Crippen LogP contribution is 2.19. The smallest absolute Gasteiger partial charge is 0.114 e. The normalized spacial score (nSPS) is 40.6. The van der Waals surface area contributed by atoms with Crippen LogP contribution in [0, 0.1) is 0 Å². The van der Waals surface area contributed by atoms with Crippen molar-refractivity contribution in [1.82, 2.24) is 0 Å². The molecule has 0 aromatic heterocycles. The fourth-order valence-corrected chi connectivity index (χ4v) is 1.58. The molecular weight excluding hydrogens is 176 g/mol. The molecule has 0 aromatic rings. The van der Waals surface area contributed by atoms with Crippen LogP contribution >= 0.6 is 0 Å². The quantitative estimate of drug-likeness (QED) is 0.586. The Kier molecular flexibility index (Phi) is 4.08. The number of rotatable bonds is 3. The Hall–Kier alpha value is -0.200. The van der Waals surface area contributed by atoms with Crippen molar-refractivity contribution in [2.45, 2.75) is 24.4 Å². The first-order valence-electron chi connectivity index (χ1n) is 4.20. The molecule has 5 heteroatoms. The molecule has 1 heterocycles. The molecular formula is C8H16O5. The lowest BCUT2D eigenvalue weighted by atomic mass is 10.0. The first kappa shape index (κ1) is 10.9. The lowest BCUT2D eigenvalue weighted by Crippen LogP contribution is -2.55. The minimum atomic E-state index is -0.697. The third-order valence-corrected chi connectivity index (χ3v) is 2.27. The van der Waals surface area contributed by atoms with Crippen LogP contribution in [0.3, 0.4) is 0 Å². The SMILES string of the molecule is CO[C@H]1[C@H](OC)[C@@H](CO)OC[C@@H]1O. The van der Waals surface area contributed by atoms with Crippen LogP contribution in [0.5, 0.6) is 0 Å². The molecule has 4 atom stereocenters. The van der Waals surface area contributed by atoms with Gasteiger partial charge in [0.05, 0.1) is 13.2 Å². The summed E-state index contributed by atoms with van der Waals surface area (Å²) in [4.78, 5) is 0. The zero-order valence-corrected chi connectivity index (χ0v) is 7.84. The average molecular weight is 192 g/mol. The predicted molar refractivity (Wildman–Crippen MR) is 44.4 cm³/mol. The minimum absolute atomic E-state index is 0.134. The van der Waals surface area contributed by atoms with Crippen molar-refractivity contribution >= 4 is 0 Å². The third-order valence-electron chi connectivity index (χ3n) is 2.27. The maximum Gasteiger partial charge on any atom is 0.114 e. The van der Waals surface area contributed by atoms with Crippen molar-refractivity contribution in [2.75, 3.05) is 27.4 Å². The van der Waals surface area contributed by atoms with E-state index in [9.17, 15) is 5.11 Å². The molecule has 0 aliphatic carbocycles. The lowest BCUT2D eigenvalue weighted by Gasteiger charge is -2.38. The van der Waals surface area contributed by atoms with E-state index >= 15 is 0 Å². The van der Waals surface area contributed by atoms with Crippen molar-refractivity contribution in [3.8, 4) is 0 Å². The van der Waals surface area contributed by atoms with Crippen LogP contribution in [0.15, 0.2) is 0 Å². The minimum Gasteiger partial charge on any atom is -0.394 e. The first-order chi connectivity index (χ1) is 6.24. The highest BCUT2D eigenvalue weighted by atomic mass is 16.6. The van der Waals surface area contributed by atoms with E-state index in [1.165, 1.54) is 14.2 Å². The summed E-state index contributed by atoms with van der Waals surface area (Å²) in [5, 5.41) is 18.4. The Morgan fingerprint density at radius 1 is 1.31 bits per heavy atom. The fourth-order valence-electron chi connectivity index (χ4n) is 1.58. The summed E-state index contributed by atoms with van der Waals surface area (Å²) in [6, 6.07) is 0. The van der Waals surface area contributed by atoms with Gasteiger partial charge in [0.15, 0.2) is 0 Å². The standard InChI is InChI=1S/C8H16O5/c1-11-7-5(10)4-13-6(3-9)8(7)12-2/h5-10H,3-4H2,1-2H3/t5-,6+,7+,8+/m0/s1. The topological polar surface area (TPSA) is 68.2 Å². The molecule has 0 unspecified atom stereocenters. The molecule has 1 saturated heterocycles. The number of ether oxygens (including phenoxy) is 3. The van der Waals surface area contributed by atoms with E-state index in [2.05, 4.69) is 0 Å². The van der Waals surface area contributed by atoms with E-state index in [4.69, 9.17) is 19.3 Å². The van der Waals surface area contributed by atoms with Gasteiger partial charge in [-0.05, 0) is 0 Å². The number of hydrogen-bond acceptors (Lipinski definition) is 5. The van der Waals surface area contributed by atoms with Crippen molar-refractivity contribution in [1.29, 1.82) is 0 Å². The number of aliphatic hydroxyl groups is 2. The fraction of sp³-hybridized carbons (Fsp3) is 1.00. The van der Waals surface area contributed by atoms with Crippen LogP contribution in [0.4, 0.5) is 0 Å². The van der Waals surface area contributed by atoms with E-state index in [0.29, 0.717) is 0 Å². The van der Waals surface area contributed by atoms with Crippen LogP contribution < -0.4 is 0 Å². The molecule has 78 valence electrons. The van der Waals surface area contributed by atoms with E-state index in [-0.39, 0.29) is 13.2 Å². The molecule has 0 aromatic carbocycles. The maximum absolute atomic E-state index is 9.47. The van der Waals surface area contributed by atoms with E-state index in [0.717, 1.165) is 0 Å². The Morgan fingerprint density at radius 2 is 1.92 bits per heavy atom. The zero-order valence-electron chi connectivity index (χ0n) is 7.84. The van der Waals surface area contributed by atoms with Gasteiger partial charge < -0.3 is 24.4 Å². The summed E-state index contributed by atoms with van der Waals surface area (Å²) in [5.41, 5.74) is 0. The van der Waals surface area contributed by atoms with Gasteiger partial charge in [-0.1, -0.05) is 0 Å².